The highest BCUT2D eigenvalue weighted by atomic mass is 35.5. The summed E-state index contributed by atoms with van der Waals surface area (Å²) in [5, 5.41) is 13.9. The standard InChI is InChI=1S/C13H8Cl2N2O3/c14-9-3-1-8(2-4-9)13(18)16-12-7-10(17(19)20)5-6-11(12)15/h1-7H,(H,16,18). The highest BCUT2D eigenvalue weighted by Crippen LogP contribution is 2.27. The number of halogens is 2. The number of hydrogen-bond acceptors (Lipinski definition) is 3. The third kappa shape index (κ3) is 3.26. The second kappa shape index (κ2) is 5.90. The van der Waals surface area contributed by atoms with Gasteiger partial charge in [-0.2, -0.15) is 0 Å². The van der Waals surface area contributed by atoms with E-state index in [1.165, 1.54) is 18.2 Å². The summed E-state index contributed by atoms with van der Waals surface area (Å²) in [7, 11) is 0. The van der Waals surface area contributed by atoms with Crippen LogP contribution in [0.1, 0.15) is 10.4 Å². The molecule has 0 aliphatic carbocycles. The molecular weight excluding hydrogens is 303 g/mol. The van der Waals surface area contributed by atoms with E-state index in [0.717, 1.165) is 0 Å². The Morgan fingerprint density at radius 3 is 2.35 bits per heavy atom. The van der Waals surface area contributed by atoms with Gasteiger partial charge >= 0.3 is 0 Å². The Hall–Kier alpha value is -2.11. The summed E-state index contributed by atoms with van der Waals surface area (Å²) >= 11 is 11.6. The number of nitro groups is 1. The van der Waals surface area contributed by atoms with Crippen molar-refractivity contribution < 1.29 is 9.72 Å². The van der Waals surface area contributed by atoms with Gasteiger partial charge in [-0.1, -0.05) is 23.2 Å². The molecule has 7 heteroatoms. The Balaban J connectivity index is 2.25. The fourth-order valence-corrected chi connectivity index (χ4v) is 1.81. The Labute approximate surface area is 124 Å². The molecule has 1 amide bonds. The van der Waals surface area contributed by atoms with Gasteiger partial charge in [0.05, 0.1) is 15.6 Å². The molecule has 2 rings (SSSR count). The van der Waals surface area contributed by atoms with E-state index in [-0.39, 0.29) is 16.4 Å². The summed E-state index contributed by atoms with van der Waals surface area (Å²) < 4.78 is 0. The van der Waals surface area contributed by atoms with E-state index in [9.17, 15) is 14.9 Å². The third-order valence-electron chi connectivity index (χ3n) is 2.52. The lowest BCUT2D eigenvalue weighted by atomic mass is 10.2. The molecule has 0 aliphatic heterocycles. The average molecular weight is 311 g/mol. The predicted octanol–water partition coefficient (Wildman–Crippen LogP) is 4.15. The van der Waals surface area contributed by atoms with Gasteiger partial charge in [-0.3, -0.25) is 14.9 Å². The predicted molar refractivity (Wildman–Crippen MR) is 77.5 cm³/mol. The van der Waals surface area contributed by atoms with Crippen LogP contribution in [-0.4, -0.2) is 10.8 Å². The Kier molecular flexibility index (Phi) is 4.22. The van der Waals surface area contributed by atoms with Crippen molar-refractivity contribution in [3.63, 3.8) is 0 Å². The molecule has 0 spiro atoms. The van der Waals surface area contributed by atoms with Crippen molar-refractivity contribution >= 4 is 40.5 Å². The molecule has 0 fully saturated rings. The molecule has 0 saturated carbocycles. The zero-order chi connectivity index (χ0) is 14.7. The summed E-state index contributed by atoms with van der Waals surface area (Å²) in [6, 6.07) is 10.1. The van der Waals surface area contributed by atoms with Gasteiger partial charge in [-0.15, -0.1) is 0 Å². The number of nitrogens with one attached hydrogen (secondary N) is 1. The first-order chi connectivity index (χ1) is 9.47. The second-order valence-electron chi connectivity index (χ2n) is 3.88. The van der Waals surface area contributed by atoms with Crippen LogP contribution in [0.4, 0.5) is 11.4 Å². The smallest absolute Gasteiger partial charge is 0.271 e. The number of anilines is 1. The van der Waals surface area contributed by atoms with E-state index in [1.807, 2.05) is 0 Å². The normalized spacial score (nSPS) is 10.1. The second-order valence-corrected chi connectivity index (χ2v) is 4.73. The molecule has 0 bridgehead atoms. The maximum absolute atomic E-state index is 12.0. The van der Waals surface area contributed by atoms with Gasteiger partial charge in [0.25, 0.3) is 11.6 Å². The monoisotopic (exact) mass is 310 g/mol. The number of carbonyl (C=O) groups excluding carboxylic acids is 1. The fourth-order valence-electron chi connectivity index (χ4n) is 1.52. The molecule has 20 heavy (non-hydrogen) atoms. The van der Waals surface area contributed by atoms with Crippen molar-refractivity contribution in [3.8, 4) is 0 Å². The number of carbonyl (C=O) groups is 1. The molecule has 5 nitrogen and oxygen atoms in total. The largest absolute Gasteiger partial charge is 0.320 e. The van der Waals surface area contributed by atoms with Crippen molar-refractivity contribution in [1.29, 1.82) is 0 Å². The number of hydrogen-bond donors (Lipinski definition) is 1. The van der Waals surface area contributed by atoms with E-state index in [1.54, 1.807) is 24.3 Å². The first kappa shape index (κ1) is 14.3. The molecule has 0 heterocycles. The molecule has 0 aromatic heterocycles. The summed E-state index contributed by atoms with van der Waals surface area (Å²) in [6.07, 6.45) is 0. The van der Waals surface area contributed by atoms with Gasteiger partial charge in [-0.25, -0.2) is 0 Å². The van der Waals surface area contributed by atoms with Crippen molar-refractivity contribution in [2.24, 2.45) is 0 Å². The van der Waals surface area contributed by atoms with Crippen LogP contribution in [0.5, 0.6) is 0 Å². The Morgan fingerprint density at radius 1 is 1.10 bits per heavy atom. The van der Waals surface area contributed by atoms with Gasteiger partial charge < -0.3 is 5.32 Å². The van der Waals surface area contributed by atoms with Crippen LogP contribution in [0.2, 0.25) is 10.0 Å². The van der Waals surface area contributed by atoms with Crippen LogP contribution in [-0.2, 0) is 0 Å². The van der Waals surface area contributed by atoms with Crippen LogP contribution in [0.25, 0.3) is 0 Å². The van der Waals surface area contributed by atoms with Crippen LogP contribution >= 0.6 is 23.2 Å². The summed E-state index contributed by atoms with van der Waals surface area (Å²) in [5.74, 6) is -0.427. The number of amides is 1. The molecule has 0 unspecified atom stereocenters. The number of rotatable bonds is 3. The average Bonchev–Trinajstić information content (AvgIpc) is 2.41. The molecule has 0 atom stereocenters. The van der Waals surface area contributed by atoms with Crippen LogP contribution in [0.15, 0.2) is 42.5 Å². The van der Waals surface area contributed by atoms with Gasteiger partial charge in [0.1, 0.15) is 0 Å². The van der Waals surface area contributed by atoms with Gasteiger partial charge in [0, 0.05) is 22.7 Å². The number of non-ortho nitro benzene ring substituents is 1. The van der Waals surface area contributed by atoms with E-state index in [0.29, 0.717) is 10.6 Å². The maximum Gasteiger partial charge on any atom is 0.271 e. The maximum atomic E-state index is 12.0. The lowest BCUT2D eigenvalue weighted by Crippen LogP contribution is -2.12. The van der Waals surface area contributed by atoms with E-state index >= 15 is 0 Å². The van der Waals surface area contributed by atoms with E-state index < -0.39 is 10.8 Å². The number of nitro benzene ring substituents is 1. The Bertz CT molecular complexity index is 672. The quantitative estimate of drug-likeness (QED) is 0.683. The summed E-state index contributed by atoms with van der Waals surface area (Å²) in [4.78, 5) is 22.1. The topological polar surface area (TPSA) is 72.2 Å². The third-order valence-corrected chi connectivity index (χ3v) is 3.10. The molecule has 0 radical (unpaired) electrons. The van der Waals surface area contributed by atoms with Crippen molar-refractivity contribution in [2.75, 3.05) is 5.32 Å². The summed E-state index contributed by atoms with van der Waals surface area (Å²) in [6.45, 7) is 0. The highest BCUT2D eigenvalue weighted by Gasteiger charge is 2.13. The SMILES string of the molecule is O=C(Nc1cc([N+](=O)[O-])ccc1Cl)c1ccc(Cl)cc1. The number of benzene rings is 2. The van der Waals surface area contributed by atoms with Gasteiger partial charge in [0.15, 0.2) is 0 Å². The first-order valence-corrected chi connectivity index (χ1v) is 6.24. The molecule has 102 valence electrons. The van der Waals surface area contributed by atoms with Crippen LogP contribution < -0.4 is 5.32 Å². The van der Waals surface area contributed by atoms with Gasteiger partial charge in [-0.05, 0) is 30.3 Å². The van der Waals surface area contributed by atoms with E-state index in [4.69, 9.17) is 23.2 Å². The molecule has 0 aliphatic rings. The van der Waals surface area contributed by atoms with Crippen molar-refractivity contribution in [3.05, 3.63) is 68.2 Å². The molecular formula is C13H8Cl2N2O3. The van der Waals surface area contributed by atoms with Gasteiger partial charge in [0.2, 0.25) is 0 Å². The number of nitrogens with zero attached hydrogens (tertiary/aromatic N) is 1. The van der Waals surface area contributed by atoms with Crippen LogP contribution in [0, 0.1) is 10.1 Å². The minimum atomic E-state index is -0.561. The minimum Gasteiger partial charge on any atom is -0.320 e. The molecule has 0 saturated heterocycles. The van der Waals surface area contributed by atoms with E-state index in [2.05, 4.69) is 5.32 Å². The van der Waals surface area contributed by atoms with Crippen molar-refractivity contribution in [2.45, 2.75) is 0 Å². The lowest BCUT2D eigenvalue weighted by Gasteiger charge is -2.07. The molecule has 2 aromatic rings. The van der Waals surface area contributed by atoms with Crippen LogP contribution in [0.3, 0.4) is 0 Å². The zero-order valence-electron chi connectivity index (χ0n) is 9.97. The fraction of sp³-hybridized carbons (Fsp3) is 0. The zero-order valence-corrected chi connectivity index (χ0v) is 11.5. The lowest BCUT2D eigenvalue weighted by molar-refractivity contribution is -0.384. The first-order valence-electron chi connectivity index (χ1n) is 5.48. The minimum absolute atomic E-state index is 0.152. The molecule has 1 N–H and O–H groups in total. The Morgan fingerprint density at radius 2 is 1.75 bits per heavy atom. The summed E-state index contributed by atoms with van der Waals surface area (Å²) in [5.41, 5.74) is 0.401. The molecule has 2 aromatic carbocycles. The highest BCUT2D eigenvalue weighted by molar-refractivity contribution is 6.34. The van der Waals surface area contributed by atoms with Crippen molar-refractivity contribution in [1.82, 2.24) is 0 Å².